The van der Waals surface area contributed by atoms with Gasteiger partial charge in [0, 0.05) is 12.5 Å². The molecule has 1 unspecified atom stereocenters. The zero-order chi connectivity index (χ0) is 12.9. The van der Waals surface area contributed by atoms with Gasteiger partial charge in [-0.25, -0.2) is 4.99 Å². The molecule has 1 aromatic rings. The SMILES string of the molecule is Cc1noc(NC2=NCC3(CN4CCC3CC4)O2)n1. The van der Waals surface area contributed by atoms with Crippen molar-refractivity contribution in [1.29, 1.82) is 0 Å². The van der Waals surface area contributed by atoms with Crippen LogP contribution in [0.5, 0.6) is 0 Å². The number of ether oxygens (including phenoxy) is 1. The minimum Gasteiger partial charge on any atom is -0.455 e. The summed E-state index contributed by atoms with van der Waals surface area (Å²) in [5, 5.41) is 6.70. The number of nitrogens with one attached hydrogen (secondary N) is 1. The quantitative estimate of drug-likeness (QED) is 0.801. The Bertz CT molecular complexity index is 520. The summed E-state index contributed by atoms with van der Waals surface area (Å²) in [6.07, 6.45) is 2.42. The van der Waals surface area contributed by atoms with Gasteiger partial charge in [-0.3, -0.25) is 10.2 Å². The summed E-state index contributed by atoms with van der Waals surface area (Å²) in [6, 6.07) is 0.854. The van der Waals surface area contributed by atoms with Crippen LogP contribution in [0.15, 0.2) is 9.52 Å². The molecule has 5 rings (SSSR count). The lowest BCUT2D eigenvalue weighted by atomic mass is 9.75. The number of rotatable bonds is 1. The molecule has 3 saturated heterocycles. The Kier molecular flexibility index (Phi) is 2.32. The molecule has 0 aromatic carbocycles. The molecule has 4 aliphatic heterocycles. The number of amidine groups is 1. The van der Waals surface area contributed by atoms with Gasteiger partial charge in [0.2, 0.25) is 0 Å². The third-order valence-corrected chi connectivity index (χ3v) is 4.35. The monoisotopic (exact) mass is 263 g/mol. The van der Waals surface area contributed by atoms with Crippen LogP contribution < -0.4 is 5.32 Å². The van der Waals surface area contributed by atoms with Crippen molar-refractivity contribution in [2.24, 2.45) is 10.9 Å². The Labute approximate surface area is 111 Å². The molecule has 3 fully saturated rings. The second-order valence-electron chi connectivity index (χ2n) is 5.61. The Morgan fingerprint density at radius 3 is 2.84 bits per heavy atom. The van der Waals surface area contributed by atoms with Crippen LogP contribution in [0.1, 0.15) is 18.7 Å². The molecule has 0 aliphatic carbocycles. The van der Waals surface area contributed by atoms with E-state index >= 15 is 0 Å². The van der Waals surface area contributed by atoms with Gasteiger partial charge < -0.3 is 9.26 Å². The Morgan fingerprint density at radius 2 is 2.21 bits per heavy atom. The molecular weight excluding hydrogens is 246 g/mol. The maximum atomic E-state index is 6.11. The lowest BCUT2D eigenvalue weighted by molar-refractivity contribution is -0.0829. The number of nitrogens with zero attached hydrogens (tertiary/aromatic N) is 4. The van der Waals surface area contributed by atoms with Crippen LogP contribution >= 0.6 is 0 Å². The Hall–Kier alpha value is -1.63. The van der Waals surface area contributed by atoms with E-state index in [0.29, 0.717) is 23.8 Å². The highest BCUT2D eigenvalue weighted by Gasteiger charge is 2.51. The normalized spacial score (nSPS) is 36.4. The molecule has 1 aromatic heterocycles. The first-order chi connectivity index (χ1) is 9.23. The number of fused-ring (bicyclic) bond motifs is 2. The maximum absolute atomic E-state index is 6.11. The number of piperidine rings is 3. The minimum atomic E-state index is -0.131. The van der Waals surface area contributed by atoms with Crippen molar-refractivity contribution < 1.29 is 9.26 Å². The fourth-order valence-corrected chi connectivity index (χ4v) is 3.39. The topological polar surface area (TPSA) is 75.8 Å². The number of aryl methyl sites for hydroxylation is 1. The molecule has 0 saturated carbocycles. The third-order valence-electron chi connectivity index (χ3n) is 4.35. The highest BCUT2D eigenvalue weighted by atomic mass is 16.5. The van der Waals surface area contributed by atoms with Gasteiger partial charge >= 0.3 is 6.01 Å². The van der Waals surface area contributed by atoms with Crippen LogP contribution in [-0.2, 0) is 4.74 Å². The van der Waals surface area contributed by atoms with E-state index in [4.69, 9.17) is 9.26 Å². The van der Waals surface area contributed by atoms with Crippen LogP contribution in [0.3, 0.4) is 0 Å². The summed E-state index contributed by atoms with van der Waals surface area (Å²) >= 11 is 0. The molecule has 19 heavy (non-hydrogen) atoms. The van der Waals surface area contributed by atoms with Crippen molar-refractivity contribution in [2.45, 2.75) is 25.4 Å². The van der Waals surface area contributed by atoms with Gasteiger partial charge in [-0.2, -0.15) is 4.98 Å². The maximum Gasteiger partial charge on any atom is 0.329 e. The van der Waals surface area contributed by atoms with Crippen LogP contribution in [0, 0.1) is 12.8 Å². The number of aliphatic imine (C=N–C) groups is 1. The second kappa shape index (κ2) is 3.93. The molecule has 1 spiro atoms. The van der Waals surface area contributed by atoms with E-state index in [1.807, 2.05) is 0 Å². The van der Waals surface area contributed by atoms with Gasteiger partial charge in [-0.15, -0.1) is 0 Å². The van der Waals surface area contributed by atoms with E-state index < -0.39 is 0 Å². The number of hydrogen-bond acceptors (Lipinski definition) is 7. The van der Waals surface area contributed by atoms with Crippen molar-refractivity contribution >= 4 is 12.0 Å². The molecule has 1 N–H and O–H groups in total. The molecule has 4 aliphatic rings. The molecular formula is C12H17N5O2. The van der Waals surface area contributed by atoms with Gasteiger partial charge in [0.25, 0.3) is 6.02 Å². The van der Waals surface area contributed by atoms with Crippen molar-refractivity contribution in [3.05, 3.63) is 5.82 Å². The summed E-state index contributed by atoms with van der Waals surface area (Å²) in [5.41, 5.74) is -0.131. The van der Waals surface area contributed by atoms with Gasteiger partial charge in [0.05, 0.1) is 6.54 Å². The van der Waals surface area contributed by atoms with Crippen molar-refractivity contribution in [2.75, 3.05) is 31.5 Å². The van der Waals surface area contributed by atoms with Gasteiger partial charge in [-0.05, 0) is 32.9 Å². The first kappa shape index (κ1) is 11.2. The summed E-state index contributed by atoms with van der Waals surface area (Å²) in [7, 11) is 0. The van der Waals surface area contributed by atoms with Gasteiger partial charge in [0.1, 0.15) is 5.60 Å². The van der Waals surface area contributed by atoms with E-state index in [1.165, 1.54) is 25.9 Å². The fourth-order valence-electron chi connectivity index (χ4n) is 3.39. The molecule has 0 radical (unpaired) electrons. The number of anilines is 1. The summed E-state index contributed by atoms with van der Waals surface area (Å²) in [5.74, 6) is 1.21. The zero-order valence-electron chi connectivity index (χ0n) is 10.9. The molecule has 1 atom stereocenters. The second-order valence-corrected chi connectivity index (χ2v) is 5.61. The van der Waals surface area contributed by atoms with E-state index in [-0.39, 0.29) is 5.60 Å². The average Bonchev–Trinajstić information content (AvgIpc) is 2.99. The molecule has 7 heteroatoms. The molecule has 7 nitrogen and oxygen atoms in total. The lowest BCUT2D eigenvalue weighted by Gasteiger charge is -2.50. The van der Waals surface area contributed by atoms with Gasteiger partial charge in [-0.1, -0.05) is 5.16 Å². The predicted octanol–water partition coefficient (Wildman–Crippen LogP) is 0.641. The van der Waals surface area contributed by atoms with Crippen LogP contribution in [0.2, 0.25) is 0 Å². The van der Waals surface area contributed by atoms with Gasteiger partial charge in [0.15, 0.2) is 5.82 Å². The molecule has 2 bridgehead atoms. The first-order valence-electron chi connectivity index (χ1n) is 6.77. The molecule has 0 amide bonds. The van der Waals surface area contributed by atoms with Crippen LogP contribution in [-0.4, -0.2) is 52.8 Å². The lowest BCUT2D eigenvalue weighted by Crippen LogP contribution is -2.61. The van der Waals surface area contributed by atoms with E-state index in [0.717, 1.165) is 13.1 Å². The standard InChI is InChI=1S/C12H17N5O2/c1-8-14-11(19-16-8)15-10-13-6-12(18-10)7-17-4-2-9(12)3-5-17/h9H,2-7H2,1H3,(H,13,14,15,16). The van der Waals surface area contributed by atoms with E-state index in [2.05, 4.69) is 25.3 Å². The predicted molar refractivity (Wildman–Crippen MR) is 67.9 cm³/mol. The highest BCUT2D eigenvalue weighted by Crippen LogP contribution is 2.40. The van der Waals surface area contributed by atoms with Crippen LogP contribution in [0.25, 0.3) is 0 Å². The van der Waals surface area contributed by atoms with E-state index in [1.54, 1.807) is 6.92 Å². The van der Waals surface area contributed by atoms with Crippen LogP contribution in [0.4, 0.5) is 6.01 Å². The smallest absolute Gasteiger partial charge is 0.329 e. The minimum absolute atomic E-state index is 0.131. The molecule has 5 heterocycles. The molecule has 102 valence electrons. The largest absolute Gasteiger partial charge is 0.455 e. The Morgan fingerprint density at radius 1 is 1.37 bits per heavy atom. The highest BCUT2D eigenvalue weighted by molar-refractivity contribution is 5.88. The Balaban J connectivity index is 1.47. The third kappa shape index (κ3) is 1.80. The van der Waals surface area contributed by atoms with Crippen molar-refractivity contribution in [1.82, 2.24) is 15.0 Å². The summed E-state index contributed by atoms with van der Waals surface area (Å²) < 4.78 is 11.1. The fraction of sp³-hybridized carbons (Fsp3) is 0.750. The first-order valence-corrected chi connectivity index (χ1v) is 6.77. The number of hydrogen-bond donors (Lipinski definition) is 1. The average molecular weight is 263 g/mol. The summed E-state index contributed by atoms with van der Waals surface area (Å²) in [6.45, 7) is 5.88. The number of aromatic nitrogens is 2. The van der Waals surface area contributed by atoms with Crippen molar-refractivity contribution in [3.8, 4) is 0 Å². The summed E-state index contributed by atoms with van der Waals surface area (Å²) in [4.78, 5) is 11.0. The van der Waals surface area contributed by atoms with E-state index in [9.17, 15) is 0 Å². The zero-order valence-corrected chi connectivity index (χ0v) is 10.9. The van der Waals surface area contributed by atoms with Crippen molar-refractivity contribution in [3.63, 3.8) is 0 Å².